The molecule has 1 aromatic rings. The van der Waals surface area contributed by atoms with Crippen LogP contribution in [0.5, 0.6) is 11.5 Å². The summed E-state index contributed by atoms with van der Waals surface area (Å²) in [5.74, 6) is 0.737. The van der Waals surface area contributed by atoms with Gasteiger partial charge in [0.15, 0.2) is 0 Å². The topological polar surface area (TPSA) is 44.8 Å². The number of hydrogen-bond donors (Lipinski definition) is 0. The van der Waals surface area contributed by atoms with Crippen molar-refractivity contribution in [2.45, 2.75) is 58.8 Å². The fourth-order valence-corrected chi connectivity index (χ4v) is 2.26. The molecule has 0 unspecified atom stereocenters. The molecule has 4 nitrogen and oxygen atoms in total. The van der Waals surface area contributed by atoms with E-state index in [1.165, 1.54) is 39.2 Å². The molecule has 1 aromatic carbocycles. The lowest BCUT2D eigenvalue weighted by Gasteiger charge is -2.11. The number of hydrogen-bond acceptors (Lipinski definition) is 4. The van der Waals surface area contributed by atoms with Crippen LogP contribution >= 0.6 is 0 Å². The minimum atomic E-state index is -0.419. The summed E-state index contributed by atoms with van der Waals surface area (Å²) in [7, 11) is 1.36. The zero-order valence-electron chi connectivity index (χ0n) is 15.2. The summed E-state index contributed by atoms with van der Waals surface area (Å²) in [5, 5.41) is 0. The van der Waals surface area contributed by atoms with Crippen molar-refractivity contribution in [1.82, 2.24) is 0 Å². The second-order valence-corrected chi connectivity index (χ2v) is 5.66. The predicted octanol–water partition coefficient (Wildman–Crippen LogP) is 5.52. The highest BCUT2D eigenvalue weighted by atomic mass is 16.5. The molecule has 0 bridgehead atoms. The minimum absolute atomic E-state index is 0.394. The van der Waals surface area contributed by atoms with E-state index in [4.69, 9.17) is 14.2 Å². The van der Waals surface area contributed by atoms with Crippen molar-refractivity contribution in [3.8, 4) is 11.5 Å². The molecule has 0 aliphatic carbocycles. The van der Waals surface area contributed by atoms with Crippen LogP contribution in [0.1, 0.15) is 69.2 Å². The number of carbonyl (C=O) groups is 1. The van der Waals surface area contributed by atoms with Crippen LogP contribution in [-0.2, 0) is 4.74 Å². The van der Waals surface area contributed by atoms with Gasteiger partial charge < -0.3 is 14.2 Å². The minimum Gasteiger partial charge on any atom is -0.493 e. The van der Waals surface area contributed by atoms with Crippen molar-refractivity contribution in [2.75, 3.05) is 13.7 Å². The molecule has 0 amide bonds. The van der Waals surface area contributed by atoms with Crippen LogP contribution in [0.15, 0.2) is 30.5 Å². The van der Waals surface area contributed by atoms with Crippen LogP contribution in [-0.4, -0.2) is 19.7 Å². The van der Waals surface area contributed by atoms with Crippen LogP contribution in [0.4, 0.5) is 0 Å². The number of esters is 1. The van der Waals surface area contributed by atoms with E-state index in [0.29, 0.717) is 23.7 Å². The molecule has 0 atom stereocenters. The molecule has 0 heterocycles. The first kappa shape index (κ1) is 20.1. The molecule has 0 saturated heterocycles. The van der Waals surface area contributed by atoms with Gasteiger partial charge in [0.2, 0.25) is 0 Å². The number of unbranched alkanes of at least 4 members (excludes halogenated alkanes) is 5. The number of allylic oxidation sites excluding steroid dienone is 1. The van der Waals surface area contributed by atoms with Gasteiger partial charge in [0.25, 0.3) is 0 Å². The molecular formula is C20H30O4. The van der Waals surface area contributed by atoms with Crippen LogP contribution in [0.3, 0.4) is 0 Å². The van der Waals surface area contributed by atoms with E-state index in [1.807, 2.05) is 13.0 Å². The van der Waals surface area contributed by atoms with Crippen LogP contribution in [0.2, 0.25) is 0 Å². The molecule has 0 aliphatic rings. The van der Waals surface area contributed by atoms with E-state index >= 15 is 0 Å². The van der Waals surface area contributed by atoms with Gasteiger partial charge in [0.1, 0.15) is 17.1 Å². The summed E-state index contributed by atoms with van der Waals surface area (Å²) in [4.78, 5) is 11.8. The number of carbonyl (C=O) groups excluding carboxylic acids is 1. The van der Waals surface area contributed by atoms with Crippen LogP contribution in [0.25, 0.3) is 0 Å². The zero-order valence-corrected chi connectivity index (χ0v) is 15.2. The third kappa shape index (κ3) is 7.53. The van der Waals surface area contributed by atoms with E-state index in [0.717, 1.165) is 12.8 Å². The quantitative estimate of drug-likeness (QED) is 0.287. The van der Waals surface area contributed by atoms with Gasteiger partial charge in [-0.1, -0.05) is 46.0 Å². The molecule has 0 spiro atoms. The number of methoxy groups -OCH3 is 1. The van der Waals surface area contributed by atoms with Gasteiger partial charge in [-0.15, -0.1) is 0 Å². The monoisotopic (exact) mass is 334 g/mol. The fraction of sp³-hybridized carbons (Fsp3) is 0.550. The number of ether oxygens (including phenoxy) is 3. The molecule has 1 rings (SSSR count). The van der Waals surface area contributed by atoms with Crippen molar-refractivity contribution < 1.29 is 19.0 Å². The first-order chi connectivity index (χ1) is 11.7. The average molecular weight is 334 g/mol. The van der Waals surface area contributed by atoms with Crippen molar-refractivity contribution in [3.63, 3.8) is 0 Å². The van der Waals surface area contributed by atoms with E-state index in [2.05, 4.69) is 6.92 Å². The summed E-state index contributed by atoms with van der Waals surface area (Å²) in [6.45, 7) is 4.91. The van der Waals surface area contributed by atoms with Crippen molar-refractivity contribution in [1.29, 1.82) is 0 Å². The van der Waals surface area contributed by atoms with Crippen molar-refractivity contribution in [2.24, 2.45) is 0 Å². The molecular weight excluding hydrogens is 304 g/mol. The highest BCUT2D eigenvalue weighted by Crippen LogP contribution is 2.26. The predicted molar refractivity (Wildman–Crippen MR) is 96.7 cm³/mol. The van der Waals surface area contributed by atoms with Gasteiger partial charge in [-0.25, -0.2) is 4.79 Å². The molecule has 0 aliphatic heterocycles. The Labute approximate surface area is 145 Å². The maximum absolute atomic E-state index is 11.8. The first-order valence-electron chi connectivity index (χ1n) is 8.89. The molecule has 24 heavy (non-hydrogen) atoms. The standard InChI is InChI=1S/C20H30O4/c1-4-6-8-9-10-11-15-23-17-12-13-18(20(21)22-3)19(16-17)24-14-7-5-2/h7,12-14,16H,4-6,8-11,15H2,1-3H3/b14-7+. The maximum atomic E-state index is 11.8. The lowest BCUT2D eigenvalue weighted by Crippen LogP contribution is -2.05. The maximum Gasteiger partial charge on any atom is 0.341 e. The van der Waals surface area contributed by atoms with Gasteiger partial charge in [-0.3, -0.25) is 0 Å². The molecule has 4 heteroatoms. The van der Waals surface area contributed by atoms with Crippen LogP contribution < -0.4 is 9.47 Å². The van der Waals surface area contributed by atoms with Gasteiger partial charge >= 0.3 is 5.97 Å². The first-order valence-corrected chi connectivity index (χ1v) is 8.89. The molecule has 0 radical (unpaired) electrons. The van der Waals surface area contributed by atoms with Gasteiger partial charge in [-0.05, 0) is 31.1 Å². The largest absolute Gasteiger partial charge is 0.493 e. The third-order valence-electron chi connectivity index (χ3n) is 3.65. The summed E-state index contributed by atoms with van der Waals surface area (Å²) < 4.78 is 16.1. The Balaban J connectivity index is 2.57. The van der Waals surface area contributed by atoms with Crippen LogP contribution in [0, 0.1) is 0 Å². The summed E-state index contributed by atoms with van der Waals surface area (Å²) >= 11 is 0. The molecule has 0 saturated carbocycles. The molecule has 0 fully saturated rings. The van der Waals surface area contributed by atoms with Gasteiger partial charge in [-0.2, -0.15) is 0 Å². The Morgan fingerprint density at radius 2 is 1.83 bits per heavy atom. The summed E-state index contributed by atoms with van der Waals surface area (Å²) in [5.41, 5.74) is 0.394. The SMILES string of the molecule is CC/C=C/Oc1cc(OCCCCCCCC)ccc1C(=O)OC. The lowest BCUT2D eigenvalue weighted by molar-refractivity contribution is 0.0597. The average Bonchev–Trinajstić information content (AvgIpc) is 2.60. The third-order valence-corrected chi connectivity index (χ3v) is 3.65. The fourth-order valence-electron chi connectivity index (χ4n) is 2.26. The Hall–Kier alpha value is -1.97. The Kier molecular flexibility index (Phi) is 10.4. The van der Waals surface area contributed by atoms with Crippen molar-refractivity contribution >= 4 is 5.97 Å². The molecule has 0 aromatic heterocycles. The Morgan fingerprint density at radius 3 is 2.54 bits per heavy atom. The smallest absolute Gasteiger partial charge is 0.341 e. The molecule has 0 N–H and O–H groups in total. The van der Waals surface area contributed by atoms with Crippen molar-refractivity contribution in [3.05, 3.63) is 36.1 Å². The lowest BCUT2D eigenvalue weighted by atomic mass is 10.1. The molecule has 134 valence electrons. The summed E-state index contributed by atoms with van der Waals surface area (Å²) in [6.07, 6.45) is 11.7. The van der Waals surface area contributed by atoms with E-state index in [-0.39, 0.29) is 0 Å². The van der Waals surface area contributed by atoms with E-state index in [9.17, 15) is 4.79 Å². The number of benzene rings is 1. The number of rotatable bonds is 12. The Morgan fingerprint density at radius 1 is 1.08 bits per heavy atom. The van der Waals surface area contributed by atoms with E-state index in [1.54, 1.807) is 24.5 Å². The second-order valence-electron chi connectivity index (χ2n) is 5.66. The highest BCUT2D eigenvalue weighted by Gasteiger charge is 2.14. The van der Waals surface area contributed by atoms with Gasteiger partial charge in [0.05, 0.1) is 20.0 Å². The second kappa shape index (κ2) is 12.5. The summed E-state index contributed by atoms with van der Waals surface area (Å²) in [6, 6.07) is 5.20. The van der Waals surface area contributed by atoms with E-state index < -0.39 is 5.97 Å². The van der Waals surface area contributed by atoms with Gasteiger partial charge in [0, 0.05) is 6.07 Å². The zero-order chi connectivity index (χ0) is 17.6. The normalized spacial score (nSPS) is 10.8. The highest BCUT2D eigenvalue weighted by molar-refractivity contribution is 5.92. The Bertz CT molecular complexity index is 508.